The molecule has 110 valence electrons. The lowest BCUT2D eigenvalue weighted by Crippen LogP contribution is -2.47. The van der Waals surface area contributed by atoms with Crippen LogP contribution in [0.5, 0.6) is 0 Å². The van der Waals surface area contributed by atoms with Gasteiger partial charge < -0.3 is 5.11 Å². The van der Waals surface area contributed by atoms with E-state index in [1.165, 1.54) is 0 Å². The van der Waals surface area contributed by atoms with Gasteiger partial charge >= 0.3 is 5.97 Å². The molecule has 2 saturated carbocycles. The van der Waals surface area contributed by atoms with E-state index < -0.39 is 16.0 Å². The average molecular weight is 289 g/mol. The first kappa shape index (κ1) is 14.8. The number of hydrogen-bond acceptors (Lipinski definition) is 3. The van der Waals surface area contributed by atoms with Gasteiger partial charge in [-0.05, 0) is 36.0 Å². The number of hydrogen-bond donors (Lipinski definition) is 2. The van der Waals surface area contributed by atoms with Gasteiger partial charge in [-0.15, -0.1) is 0 Å². The van der Waals surface area contributed by atoms with Gasteiger partial charge in [0.05, 0.1) is 12.2 Å². The average Bonchev–Trinajstić information content (AvgIpc) is 2.59. The molecule has 2 fully saturated rings. The van der Waals surface area contributed by atoms with Crippen molar-refractivity contribution in [3.05, 3.63) is 0 Å². The highest BCUT2D eigenvalue weighted by atomic mass is 32.2. The monoisotopic (exact) mass is 289 g/mol. The van der Waals surface area contributed by atoms with Crippen LogP contribution in [-0.2, 0) is 14.8 Å². The molecule has 0 aromatic carbocycles. The third kappa shape index (κ3) is 2.40. The van der Waals surface area contributed by atoms with Crippen LogP contribution in [0.4, 0.5) is 0 Å². The number of carboxylic acid groups (broad SMARTS) is 1. The van der Waals surface area contributed by atoms with Crippen molar-refractivity contribution in [2.75, 3.05) is 5.75 Å². The third-order valence-corrected chi connectivity index (χ3v) is 7.09. The van der Waals surface area contributed by atoms with E-state index >= 15 is 0 Å². The predicted octanol–water partition coefficient (Wildman–Crippen LogP) is 1.60. The molecular weight excluding hydrogens is 266 g/mol. The fraction of sp³-hybridized carbons (Fsp3) is 0.923. The molecule has 0 aromatic heterocycles. The maximum absolute atomic E-state index is 11.9. The maximum atomic E-state index is 11.9. The van der Waals surface area contributed by atoms with Gasteiger partial charge in [0.1, 0.15) is 0 Å². The van der Waals surface area contributed by atoms with E-state index in [0.29, 0.717) is 5.92 Å². The van der Waals surface area contributed by atoms with Gasteiger partial charge in [0, 0.05) is 6.04 Å². The largest absolute Gasteiger partial charge is 0.481 e. The van der Waals surface area contributed by atoms with E-state index in [4.69, 9.17) is 5.11 Å². The van der Waals surface area contributed by atoms with Crippen LogP contribution >= 0.6 is 0 Å². The van der Waals surface area contributed by atoms with E-state index in [2.05, 4.69) is 25.5 Å². The van der Waals surface area contributed by atoms with E-state index in [9.17, 15) is 13.2 Å². The molecule has 0 spiro atoms. The molecule has 0 heterocycles. The van der Waals surface area contributed by atoms with Crippen molar-refractivity contribution in [2.45, 2.75) is 52.5 Å². The molecule has 0 aliphatic heterocycles. The lowest BCUT2D eigenvalue weighted by Gasteiger charge is -2.39. The molecule has 2 aliphatic rings. The van der Waals surface area contributed by atoms with Crippen molar-refractivity contribution < 1.29 is 18.3 Å². The first-order valence-electron chi connectivity index (χ1n) is 6.80. The Morgan fingerprint density at radius 2 is 2.00 bits per heavy atom. The van der Waals surface area contributed by atoms with Crippen LogP contribution in [0.25, 0.3) is 0 Å². The van der Waals surface area contributed by atoms with Crippen molar-refractivity contribution in [2.24, 2.45) is 16.7 Å². The Morgan fingerprint density at radius 3 is 2.42 bits per heavy atom. The number of carboxylic acids is 1. The van der Waals surface area contributed by atoms with Crippen molar-refractivity contribution in [1.82, 2.24) is 4.72 Å². The summed E-state index contributed by atoms with van der Waals surface area (Å²) in [5.74, 6) is -0.852. The highest BCUT2D eigenvalue weighted by molar-refractivity contribution is 7.89. The lowest BCUT2D eigenvalue weighted by atomic mass is 9.69. The van der Waals surface area contributed by atoms with Gasteiger partial charge in [0.2, 0.25) is 10.0 Å². The van der Waals surface area contributed by atoms with E-state index in [1.807, 2.05) is 0 Å². The summed E-state index contributed by atoms with van der Waals surface area (Å²) in [6, 6.07) is -0.0555. The summed E-state index contributed by atoms with van der Waals surface area (Å²) in [7, 11) is -3.50. The zero-order valence-corrected chi connectivity index (χ0v) is 12.6. The van der Waals surface area contributed by atoms with E-state index in [0.717, 1.165) is 19.3 Å². The second-order valence-electron chi connectivity index (χ2n) is 6.74. The van der Waals surface area contributed by atoms with Gasteiger partial charge in [0.25, 0.3) is 0 Å². The highest BCUT2D eigenvalue weighted by Crippen LogP contribution is 2.65. The molecule has 2 bridgehead atoms. The van der Waals surface area contributed by atoms with Crippen LogP contribution in [0.3, 0.4) is 0 Å². The summed E-state index contributed by atoms with van der Waals surface area (Å²) in [6.45, 7) is 6.59. The van der Waals surface area contributed by atoms with Gasteiger partial charge in [0.15, 0.2) is 0 Å². The number of carbonyl (C=O) groups is 1. The zero-order chi connectivity index (χ0) is 14.5. The smallest absolute Gasteiger partial charge is 0.304 e. The molecule has 2 N–H and O–H groups in total. The van der Waals surface area contributed by atoms with Gasteiger partial charge in [-0.1, -0.05) is 20.8 Å². The first-order chi connectivity index (χ1) is 8.58. The summed E-state index contributed by atoms with van der Waals surface area (Å²) in [6.07, 6.45) is 2.73. The fourth-order valence-corrected chi connectivity index (χ4v) is 5.23. The SMILES string of the molecule is CC1(C)C2CCC1(C)C(NS(=O)(=O)CCC(=O)O)C2. The maximum Gasteiger partial charge on any atom is 0.304 e. The summed E-state index contributed by atoms with van der Waals surface area (Å²) in [5.41, 5.74) is 0.126. The van der Waals surface area contributed by atoms with Crippen LogP contribution in [0.1, 0.15) is 46.5 Å². The molecule has 3 atom stereocenters. The molecule has 0 aromatic rings. The quantitative estimate of drug-likeness (QED) is 0.805. The fourth-order valence-electron chi connectivity index (χ4n) is 3.88. The zero-order valence-electron chi connectivity index (χ0n) is 11.8. The summed E-state index contributed by atoms with van der Waals surface area (Å²) < 4.78 is 26.6. The van der Waals surface area contributed by atoms with Crippen LogP contribution in [0.2, 0.25) is 0 Å². The molecule has 0 saturated heterocycles. The van der Waals surface area contributed by atoms with Crippen LogP contribution in [0, 0.1) is 16.7 Å². The normalized spacial score (nSPS) is 36.6. The van der Waals surface area contributed by atoms with E-state index in [-0.39, 0.29) is 29.0 Å². The molecule has 0 radical (unpaired) electrons. The Balaban J connectivity index is 2.08. The highest BCUT2D eigenvalue weighted by Gasteiger charge is 2.61. The first-order valence-corrected chi connectivity index (χ1v) is 8.45. The minimum absolute atomic E-state index is 0.0199. The Hall–Kier alpha value is -0.620. The molecule has 3 unspecified atom stereocenters. The number of nitrogens with one attached hydrogen (secondary N) is 1. The summed E-state index contributed by atoms with van der Waals surface area (Å²) in [5, 5.41) is 8.58. The molecule has 6 heteroatoms. The van der Waals surface area contributed by atoms with Crippen molar-refractivity contribution in [3.8, 4) is 0 Å². The number of rotatable bonds is 5. The lowest BCUT2D eigenvalue weighted by molar-refractivity contribution is -0.136. The van der Waals surface area contributed by atoms with Gasteiger partial charge in [-0.3, -0.25) is 4.79 Å². The molecule has 2 rings (SSSR count). The van der Waals surface area contributed by atoms with Gasteiger partial charge in [-0.25, -0.2) is 13.1 Å². The topological polar surface area (TPSA) is 83.5 Å². The molecule has 19 heavy (non-hydrogen) atoms. The van der Waals surface area contributed by atoms with E-state index in [1.54, 1.807) is 0 Å². The molecule has 2 aliphatic carbocycles. The Morgan fingerprint density at radius 1 is 1.37 bits per heavy atom. The summed E-state index contributed by atoms with van der Waals surface area (Å²) in [4.78, 5) is 10.5. The number of fused-ring (bicyclic) bond motifs is 2. The molecule has 5 nitrogen and oxygen atoms in total. The Kier molecular flexibility index (Phi) is 3.46. The second kappa shape index (κ2) is 4.45. The second-order valence-corrected chi connectivity index (χ2v) is 8.62. The van der Waals surface area contributed by atoms with Crippen molar-refractivity contribution >= 4 is 16.0 Å². The molecular formula is C13H23NO4S. The van der Waals surface area contributed by atoms with Crippen LogP contribution in [-0.4, -0.2) is 31.3 Å². The predicted molar refractivity (Wildman–Crippen MR) is 72.2 cm³/mol. The van der Waals surface area contributed by atoms with Crippen molar-refractivity contribution in [1.29, 1.82) is 0 Å². The Bertz CT molecular complexity index is 485. The summed E-state index contributed by atoms with van der Waals surface area (Å²) >= 11 is 0. The van der Waals surface area contributed by atoms with Crippen molar-refractivity contribution in [3.63, 3.8) is 0 Å². The third-order valence-electron chi connectivity index (χ3n) is 5.70. The van der Waals surface area contributed by atoms with Crippen LogP contribution < -0.4 is 4.72 Å². The minimum Gasteiger partial charge on any atom is -0.481 e. The standard InChI is InChI=1S/C13H23NO4S/c1-12(2)9-4-6-13(12,3)10(8-9)14-19(17,18)7-5-11(15)16/h9-10,14H,4-8H2,1-3H3,(H,15,16). The molecule has 0 amide bonds. The van der Waals surface area contributed by atoms with Crippen LogP contribution in [0.15, 0.2) is 0 Å². The Labute approximate surface area is 114 Å². The minimum atomic E-state index is -3.50. The number of aliphatic carboxylic acids is 1. The number of sulfonamides is 1. The van der Waals surface area contributed by atoms with Gasteiger partial charge in [-0.2, -0.15) is 0 Å².